The largest absolute Gasteiger partial charge is 0.459 e. The summed E-state index contributed by atoms with van der Waals surface area (Å²) in [5, 5.41) is 41.0. The lowest BCUT2D eigenvalue weighted by Gasteiger charge is -2.45. The Morgan fingerprint density at radius 1 is 0.455 bits per heavy atom. The van der Waals surface area contributed by atoms with E-state index in [0.29, 0.717) is 0 Å². The minimum Gasteiger partial charge on any atom is -0.459 e. The van der Waals surface area contributed by atoms with Crippen molar-refractivity contribution in [2.24, 2.45) is 0 Å². The van der Waals surface area contributed by atoms with Gasteiger partial charge < -0.3 is 53.6 Å². The van der Waals surface area contributed by atoms with E-state index in [2.05, 4.69) is 0 Å². The molecule has 10 atom stereocenters. The number of carbonyl (C=O) groups excluding carboxylic acids is 4. The summed E-state index contributed by atoms with van der Waals surface area (Å²) in [4.78, 5) is 54.1. The molecule has 15 heteroatoms. The SMILES string of the molecule is O=C(OC[C@H]1O[C@H](OC[C@H]2O[C@@H](O)[C@H](O)[C@@H](O)[C@H]2O)[C@@H](OC(=O)c2ccccc2)[C@@H](OC(=O)c2ccccc2)[C@@H]1OC(=O)c1ccccc1)c1ccccc1. The highest BCUT2D eigenvalue weighted by Gasteiger charge is 2.54. The van der Waals surface area contributed by atoms with Gasteiger partial charge in [0.1, 0.15) is 37.1 Å². The van der Waals surface area contributed by atoms with Crippen LogP contribution < -0.4 is 0 Å². The number of carbonyl (C=O) groups is 4. The van der Waals surface area contributed by atoms with E-state index in [1.807, 2.05) is 0 Å². The lowest BCUT2D eigenvalue weighted by Crippen LogP contribution is -2.64. The monoisotopic (exact) mass is 758 g/mol. The molecule has 288 valence electrons. The van der Waals surface area contributed by atoms with Gasteiger partial charge in [-0.25, -0.2) is 19.2 Å². The molecule has 0 amide bonds. The van der Waals surface area contributed by atoms with Crippen molar-refractivity contribution < 1.29 is 72.8 Å². The molecule has 4 aromatic rings. The first-order valence-electron chi connectivity index (χ1n) is 17.3. The van der Waals surface area contributed by atoms with Crippen LogP contribution >= 0.6 is 0 Å². The normalized spacial score (nSPS) is 27.6. The second kappa shape index (κ2) is 18.2. The first kappa shape index (κ1) is 39.2. The lowest BCUT2D eigenvalue weighted by atomic mass is 9.97. The Balaban J connectivity index is 1.39. The standard InChI is InChI=1S/C40H38O15/c41-29-27(51-39(48)31(43)30(29)42)21-50-40-34(55-38(47)26-19-11-4-12-20-26)33(54-37(46)25-17-9-3-10-18-25)32(53-36(45)24-15-7-2-8-16-24)28(52-40)22-49-35(44)23-13-5-1-6-14-23/h1-20,27-34,39-43,48H,21-22H2/t27-,28-,29+,30+,31-,32-,33+,34+,39-,40+/m1/s1. The molecule has 4 aromatic carbocycles. The van der Waals surface area contributed by atoms with Gasteiger partial charge in [-0.15, -0.1) is 0 Å². The molecule has 0 aliphatic carbocycles. The van der Waals surface area contributed by atoms with Crippen LogP contribution in [0.5, 0.6) is 0 Å². The summed E-state index contributed by atoms with van der Waals surface area (Å²) in [5.41, 5.74) is 0.459. The van der Waals surface area contributed by atoms with E-state index in [4.69, 9.17) is 33.2 Å². The number of rotatable bonds is 12. The lowest BCUT2D eigenvalue weighted by molar-refractivity contribution is -0.324. The highest BCUT2D eigenvalue weighted by atomic mass is 16.7. The molecule has 2 fully saturated rings. The molecular formula is C40H38O15. The van der Waals surface area contributed by atoms with Gasteiger partial charge in [0.25, 0.3) is 0 Å². The van der Waals surface area contributed by atoms with Crippen molar-refractivity contribution in [3.8, 4) is 0 Å². The molecule has 55 heavy (non-hydrogen) atoms. The maximum absolute atomic E-state index is 13.7. The number of hydrogen-bond acceptors (Lipinski definition) is 15. The zero-order valence-electron chi connectivity index (χ0n) is 29.0. The Morgan fingerprint density at radius 2 is 0.873 bits per heavy atom. The van der Waals surface area contributed by atoms with E-state index in [1.165, 1.54) is 48.5 Å². The van der Waals surface area contributed by atoms with Crippen molar-refractivity contribution in [3.05, 3.63) is 144 Å². The molecule has 2 saturated heterocycles. The molecule has 2 aliphatic heterocycles. The van der Waals surface area contributed by atoms with Crippen LogP contribution in [-0.4, -0.2) is 119 Å². The second-order valence-electron chi connectivity index (χ2n) is 12.6. The van der Waals surface area contributed by atoms with Gasteiger partial charge in [0.05, 0.1) is 28.9 Å². The Labute approximate surface area is 314 Å². The predicted octanol–water partition coefficient (Wildman–Crippen LogP) is 2.06. The third kappa shape index (κ3) is 9.59. The van der Waals surface area contributed by atoms with E-state index < -0.39 is 98.5 Å². The van der Waals surface area contributed by atoms with E-state index in [0.717, 1.165) is 0 Å². The minimum absolute atomic E-state index is 0.0809. The molecule has 4 N–H and O–H groups in total. The number of benzene rings is 4. The van der Waals surface area contributed by atoms with Crippen LogP contribution in [0.3, 0.4) is 0 Å². The molecule has 0 aromatic heterocycles. The second-order valence-corrected chi connectivity index (χ2v) is 12.6. The molecule has 0 unspecified atom stereocenters. The van der Waals surface area contributed by atoms with Crippen molar-refractivity contribution in [2.75, 3.05) is 13.2 Å². The summed E-state index contributed by atoms with van der Waals surface area (Å²) in [7, 11) is 0. The topological polar surface area (TPSA) is 214 Å². The summed E-state index contributed by atoms with van der Waals surface area (Å²) in [5.74, 6) is -3.50. The first-order chi connectivity index (χ1) is 26.6. The first-order valence-corrected chi connectivity index (χ1v) is 17.3. The average molecular weight is 759 g/mol. The average Bonchev–Trinajstić information content (AvgIpc) is 3.22. The van der Waals surface area contributed by atoms with Crippen molar-refractivity contribution in [2.45, 2.75) is 61.4 Å². The summed E-state index contributed by atoms with van der Waals surface area (Å²) < 4.78 is 41.0. The van der Waals surface area contributed by atoms with Crippen LogP contribution in [0, 0.1) is 0 Å². The number of aliphatic hydroxyl groups is 4. The number of hydrogen-bond donors (Lipinski definition) is 4. The molecule has 15 nitrogen and oxygen atoms in total. The zero-order valence-corrected chi connectivity index (χ0v) is 29.0. The van der Waals surface area contributed by atoms with Crippen LogP contribution in [-0.2, 0) is 33.2 Å². The van der Waals surface area contributed by atoms with Gasteiger partial charge in [-0.1, -0.05) is 72.8 Å². The molecule has 2 heterocycles. The van der Waals surface area contributed by atoms with E-state index in [-0.39, 0.29) is 22.3 Å². The van der Waals surface area contributed by atoms with Crippen molar-refractivity contribution in [1.29, 1.82) is 0 Å². The molecule has 0 saturated carbocycles. The van der Waals surface area contributed by atoms with Gasteiger partial charge in [0, 0.05) is 0 Å². The fourth-order valence-electron chi connectivity index (χ4n) is 5.92. The quantitative estimate of drug-likeness (QED) is 0.120. The Morgan fingerprint density at radius 3 is 1.35 bits per heavy atom. The number of esters is 4. The number of ether oxygens (including phenoxy) is 7. The van der Waals surface area contributed by atoms with Gasteiger partial charge in [0.2, 0.25) is 0 Å². The van der Waals surface area contributed by atoms with Gasteiger partial charge in [-0.2, -0.15) is 0 Å². The van der Waals surface area contributed by atoms with Crippen molar-refractivity contribution >= 4 is 23.9 Å². The van der Waals surface area contributed by atoms with Crippen LogP contribution in [0.4, 0.5) is 0 Å². The molecule has 0 radical (unpaired) electrons. The molecule has 2 aliphatic rings. The molecule has 0 bridgehead atoms. The third-order valence-corrected chi connectivity index (χ3v) is 8.85. The van der Waals surface area contributed by atoms with Crippen molar-refractivity contribution in [1.82, 2.24) is 0 Å². The van der Waals surface area contributed by atoms with Gasteiger partial charge in [-0.3, -0.25) is 0 Å². The van der Waals surface area contributed by atoms with Crippen molar-refractivity contribution in [3.63, 3.8) is 0 Å². The van der Waals surface area contributed by atoms with E-state index in [1.54, 1.807) is 72.8 Å². The van der Waals surface area contributed by atoms with Crippen LogP contribution in [0.15, 0.2) is 121 Å². The number of aliphatic hydroxyl groups excluding tert-OH is 4. The van der Waals surface area contributed by atoms with Crippen LogP contribution in [0.1, 0.15) is 41.4 Å². The Kier molecular flexibility index (Phi) is 13.0. The highest BCUT2D eigenvalue weighted by Crippen LogP contribution is 2.32. The minimum atomic E-state index is -1.91. The predicted molar refractivity (Wildman–Crippen MR) is 187 cm³/mol. The Bertz CT molecular complexity index is 1880. The summed E-state index contributed by atoms with van der Waals surface area (Å²) >= 11 is 0. The highest BCUT2D eigenvalue weighted by molar-refractivity contribution is 5.91. The fourth-order valence-corrected chi connectivity index (χ4v) is 5.92. The smallest absolute Gasteiger partial charge is 0.338 e. The maximum atomic E-state index is 13.7. The summed E-state index contributed by atoms with van der Waals surface area (Å²) in [6.45, 7) is -1.26. The van der Waals surface area contributed by atoms with E-state index in [9.17, 15) is 39.6 Å². The van der Waals surface area contributed by atoms with Gasteiger partial charge in [-0.05, 0) is 48.5 Å². The van der Waals surface area contributed by atoms with Crippen LogP contribution in [0.2, 0.25) is 0 Å². The molecule has 0 spiro atoms. The summed E-state index contributed by atoms with van der Waals surface area (Å²) in [6, 6.07) is 31.4. The zero-order chi connectivity index (χ0) is 38.9. The van der Waals surface area contributed by atoms with E-state index >= 15 is 0 Å². The molecular weight excluding hydrogens is 720 g/mol. The molecule has 6 rings (SSSR count). The van der Waals surface area contributed by atoms with Gasteiger partial charge in [0.15, 0.2) is 30.9 Å². The Hall–Kier alpha value is -5.52. The fraction of sp³-hybridized carbons (Fsp3) is 0.300. The summed E-state index contributed by atoms with van der Waals surface area (Å²) in [6.07, 6.45) is -17.0. The third-order valence-electron chi connectivity index (χ3n) is 8.85. The maximum Gasteiger partial charge on any atom is 0.338 e. The van der Waals surface area contributed by atoms with Crippen LogP contribution in [0.25, 0.3) is 0 Å². The van der Waals surface area contributed by atoms with Gasteiger partial charge >= 0.3 is 23.9 Å².